The van der Waals surface area contributed by atoms with Crippen LogP contribution in [0.15, 0.2) is 24.3 Å². The minimum absolute atomic E-state index is 0.244. The van der Waals surface area contributed by atoms with Gasteiger partial charge in [-0.3, -0.25) is 4.79 Å². The van der Waals surface area contributed by atoms with E-state index in [1.54, 1.807) is 13.2 Å². The topological polar surface area (TPSA) is 84.5 Å². The van der Waals surface area contributed by atoms with E-state index in [2.05, 4.69) is 10.6 Å². The molecule has 0 radical (unpaired) electrons. The summed E-state index contributed by atoms with van der Waals surface area (Å²) in [6, 6.07) is 7.34. The van der Waals surface area contributed by atoms with Crippen molar-refractivity contribution in [2.45, 2.75) is 24.1 Å². The van der Waals surface area contributed by atoms with Gasteiger partial charge >= 0.3 is 0 Å². The minimum Gasteiger partial charge on any atom is -0.496 e. The van der Waals surface area contributed by atoms with Crippen molar-refractivity contribution in [2.75, 3.05) is 26.5 Å². The van der Waals surface area contributed by atoms with Gasteiger partial charge in [-0.1, -0.05) is 18.2 Å². The van der Waals surface area contributed by atoms with Crippen LogP contribution < -0.4 is 15.4 Å². The molecule has 1 heterocycles. The predicted octanol–water partition coefficient (Wildman–Crippen LogP) is 0.478. The first kappa shape index (κ1) is 16.8. The van der Waals surface area contributed by atoms with Crippen molar-refractivity contribution in [3.63, 3.8) is 0 Å². The summed E-state index contributed by atoms with van der Waals surface area (Å²) in [5, 5.41) is 5.86. The van der Waals surface area contributed by atoms with Crippen molar-refractivity contribution < 1.29 is 17.9 Å². The minimum atomic E-state index is -3.49. The van der Waals surface area contributed by atoms with Crippen LogP contribution in [-0.2, 0) is 21.2 Å². The fourth-order valence-corrected chi connectivity index (χ4v) is 4.14. The molecule has 22 heavy (non-hydrogen) atoms. The van der Waals surface area contributed by atoms with Crippen molar-refractivity contribution in [2.24, 2.45) is 0 Å². The molecule has 7 heteroatoms. The van der Waals surface area contributed by atoms with Crippen molar-refractivity contribution in [1.29, 1.82) is 0 Å². The zero-order chi connectivity index (χ0) is 16.2. The molecule has 1 aliphatic heterocycles. The molecule has 0 spiro atoms. The van der Waals surface area contributed by atoms with E-state index in [-0.39, 0.29) is 6.54 Å². The van der Waals surface area contributed by atoms with Crippen LogP contribution >= 0.6 is 0 Å². The molecule has 1 aromatic carbocycles. The molecule has 0 unspecified atom stereocenters. The van der Waals surface area contributed by atoms with Crippen molar-refractivity contribution >= 4 is 15.7 Å². The van der Waals surface area contributed by atoms with Gasteiger partial charge in [-0.05, 0) is 32.0 Å². The molecule has 2 N–H and O–H groups in total. The monoisotopic (exact) mass is 326 g/mol. The van der Waals surface area contributed by atoms with E-state index in [0.717, 1.165) is 11.8 Å². The van der Waals surface area contributed by atoms with Gasteiger partial charge in [0.1, 0.15) is 5.75 Å². The number of sulfone groups is 1. The maximum atomic E-state index is 12.6. The number of carbonyl (C=O) groups excluding carboxylic acids is 1. The van der Waals surface area contributed by atoms with Crippen LogP contribution in [0.2, 0.25) is 0 Å². The third kappa shape index (κ3) is 3.25. The summed E-state index contributed by atoms with van der Waals surface area (Å²) in [7, 11) is -1.93. The smallest absolute Gasteiger partial charge is 0.241 e. The molecule has 0 bridgehead atoms. The Kier molecular flexibility index (Phi) is 5.08. The second-order valence-corrected chi connectivity index (χ2v) is 7.84. The summed E-state index contributed by atoms with van der Waals surface area (Å²) >= 11 is 0. The van der Waals surface area contributed by atoms with Gasteiger partial charge in [-0.25, -0.2) is 8.42 Å². The van der Waals surface area contributed by atoms with Gasteiger partial charge < -0.3 is 15.4 Å². The first-order valence-corrected chi connectivity index (χ1v) is 9.10. The van der Waals surface area contributed by atoms with Gasteiger partial charge in [-0.15, -0.1) is 0 Å². The Bertz CT molecular complexity index is 637. The summed E-state index contributed by atoms with van der Waals surface area (Å²) in [6.07, 6.45) is 1.73. The normalized spacial score (nSPS) is 17.7. The number of ether oxygens (including phenoxy) is 1. The number of piperidine rings is 1. The van der Waals surface area contributed by atoms with Crippen LogP contribution in [0.4, 0.5) is 0 Å². The average molecular weight is 326 g/mol. The SMILES string of the molecule is COc1ccccc1CNC(=O)C1(S(C)(=O)=O)CCNCC1. The summed E-state index contributed by atoms with van der Waals surface area (Å²) < 4.78 is 28.2. The first-order chi connectivity index (χ1) is 10.4. The quantitative estimate of drug-likeness (QED) is 0.822. The second kappa shape index (κ2) is 6.66. The Labute approximate surface area is 131 Å². The molecule has 1 saturated heterocycles. The van der Waals surface area contributed by atoms with Crippen LogP contribution in [0.25, 0.3) is 0 Å². The first-order valence-electron chi connectivity index (χ1n) is 7.21. The Morgan fingerprint density at radius 2 is 1.95 bits per heavy atom. The van der Waals surface area contributed by atoms with E-state index in [1.807, 2.05) is 18.2 Å². The fraction of sp³-hybridized carbons (Fsp3) is 0.533. The summed E-state index contributed by atoms with van der Waals surface area (Å²) in [5.41, 5.74) is 0.816. The number of amides is 1. The lowest BCUT2D eigenvalue weighted by atomic mass is 9.95. The molecule has 0 atom stereocenters. The number of para-hydroxylation sites is 1. The Balaban J connectivity index is 2.16. The highest BCUT2D eigenvalue weighted by Gasteiger charge is 2.48. The molecule has 1 fully saturated rings. The van der Waals surface area contributed by atoms with Crippen molar-refractivity contribution in [3.05, 3.63) is 29.8 Å². The lowest BCUT2D eigenvalue weighted by Gasteiger charge is -2.34. The number of benzene rings is 1. The Hall–Kier alpha value is -1.60. The Morgan fingerprint density at radius 1 is 1.32 bits per heavy atom. The molecule has 0 saturated carbocycles. The molecule has 122 valence electrons. The molecule has 1 amide bonds. The third-order valence-electron chi connectivity index (χ3n) is 4.17. The van der Waals surface area contributed by atoms with Gasteiger partial charge in [0.15, 0.2) is 14.6 Å². The number of hydrogen-bond acceptors (Lipinski definition) is 5. The van der Waals surface area contributed by atoms with Gasteiger partial charge in [0.2, 0.25) is 5.91 Å². The van der Waals surface area contributed by atoms with Gasteiger partial charge in [0.05, 0.1) is 7.11 Å². The predicted molar refractivity (Wildman–Crippen MR) is 84.5 cm³/mol. The van der Waals surface area contributed by atoms with E-state index < -0.39 is 20.5 Å². The number of nitrogens with one attached hydrogen (secondary N) is 2. The highest BCUT2D eigenvalue weighted by atomic mass is 32.2. The standard InChI is InChI=1S/C15H22N2O4S/c1-21-13-6-4-3-5-12(13)11-17-14(18)15(22(2,19)20)7-9-16-10-8-15/h3-6,16H,7-11H2,1-2H3,(H,17,18). The van der Waals surface area contributed by atoms with Crippen LogP contribution in [0, 0.1) is 0 Å². The molecule has 1 aromatic rings. The summed E-state index contributed by atoms with van der Waals surface area (Å²) in [5.74, 6) is 0.240. The zero-order valence-corrected chi connectivity index (χ0v) is 13.7. The van der Waals surface area contributed by atoms with E-state index >= 15 is 0 Å². The molecule has 1 aliphatic rings. The average Bonchev–Trinajstić information content (AvgIpc) is 2.52. The molecule has 0 aliphatic carbocycles. The lowest BCUT2D eigenvalue weighted by molar-refractivity contribution is -0.124. The zero-order valence-electron chi connectivity index (χ0n) is 12.9. The van der Waals surface area contributed by atoms with Crippen molar-refractivity contribution in [1.82, 2.24) is 10.6 Å². The highest BCUT2D eigenvalue weighted by molar-refractivity contribution is 7.92. The van der Waals surface area contributed by atoms with E-state index in [4.69, 9.17) is 4.74 Å². The molecule has 0 aromatic heterocycles. The number of methoxy groups -OCH3 is 1. The number of rotatable bonds is 5. The van der Waals surface area contributed by atoms with E-state index in [0.29, 0.717) is 31.7 Å². The van der Waals surface area contributed by atoms with Gasteiger partial charge in [0, 0.05) is 18.4 Å². The van der Waals surface area contributed by atoms with E-state index in [1.165, 1.54) is 0 Å². The molecular formula is C15H22N2O4S. The Morgan fingerprint density at radius 3 is 2.55 bits per heavy atom. The molecule has 6 nitrogen and oxygen atoms in total. The third-order valence-corrected chi connectivity index (χ3v) is 6.18. The molecular weight excluding hydrogens is 304 g/mol. The van der Waals surface area contributed by atoms with Crippen LogP contribution in [0.1, 0.15) is 18.4 Å². The lowest BCUT2D eigenvalue weighted by Crippen LogP contribution is -2.57. The summed E-state index contributed by atoms with van der Waals surface area (Å²) in [4.78, 5) is 12.6. The maximum Gasteiger partial charge on any atom is 0.241 e. The van der Waals surface area contributed by atoms with Crippen LogP contribution in [0.5, 0.6) is 5.75 Å². The van der Waals surface area contributed by atoms with Crippen LogP contribution in [0.3, 0.4) is 0 Å². The second-order valence-electron chi connectivity index (χ2n) is 5.51. The van der Waals surface area contributed by atoms with E-state index in [9.17, 15) is 13.2 Å². The fourth-order valence-electron chi connectivity index (χ4n) is 2.78. The number of carbonyl (C=O) groups is 1. The largest absolute Gasteiger partial charge is 0.496 e. The van der Waals surface area contributed by atoms with Crippen molar-refractivity contribution in [3.8, 4) is 5.75 Å². The number of hydrogen-bond donors (Lipinski definition) is 2. The highest BCUT2D eigenvalue weighted by Crippen LogP contribution is 2.28. The summed E-state index contributed by atoms with van der Waals surface area (Å²) in [6.45, 7) is 1.29. The van der Waals surface area contributed by atoms with Crippen LogP contribution in [-0.4, -0.2) is 45.5 Å². The van der Waals surface area contributed by atoms with Gasteiger partial charge in [-0.2, -0.15) is 0 Å². The molecule has 2 rings (SSSR count). The maximum absolute atomic E-state index is 12.6. The van der Waals surface area contributed by atoms with Gasteiger partial charge in [0.25, 0.3) is 0 Å².